The summed E-state index contributed by atoms with van der Waals surface area (Å²) in [4.78, 5) is 0. The van der Waals surface area contributed by atoms with Crippen LogP contribution in [0, 0.1) is 22.7 Å². The molecule has 0 aromatic carbocycles. The molecule has 94 valence electrons. The quantitative estimate of drug-likeness (QED) is 0.714. The number of rotatable bonds is 1. The first-order chi connectivity index (χ1) is 7.28. The number of aliphatic hydroxyl groups is 1. The van der Waals surface area contributed by atoms with Gasteiger partial charge in [0.05, 0.1) is 5.60 Å². The Balaban J connectivity index is 2.40. The summed E-state index contributed by atoms with van der Waals surface area (Å²) in [5.74, 6) is 1.56. The van der Waals surface area contributed by atoms with E-state index in [9.17, 15) is 5.11 Å². The Hall–Kier alpha value is -0.0400. The molecule has 1 N–H and O–H groups in total. The molecule has 2 fully saturated rings. The van der Waals surface area contributed by atoms with Gasteiger partial charge in [-0.25, -0.2) is 0 Å². The van der Waals surface area contributed by atoms with E-state index in [-0.39, 0.29) is 5.41 Å². The van der Waals surface area contributed by atoms with E-state index in [0.717, 1.165) is 12.3 Å². The second-order valence-corrected chi connectivity index (χ2v) is 7.11. The minimum absolute atomic E-state index is 0.0754. The molecule has 0 heterocycles. The second-order valence-electron chi connectivity index (χ2n) is 7.11. The van der Waals surface area contributed by atoms with Crippen molar-refractivity contribution in [2.24, 2.45) is 22.7 Å². The van der Waals surface area contributed by atoms with Crippen LogP contribution >= 0.6 is 0 Å². The van der Waals surface area contributed by atoms with Crippen molar-refractivity contribution in [1.82, 2.24) is 0 Å². The third kappa shape index (κ3) is 1.33. The van der Waals surface area contributed by atoms with Crippen LogP contribution in [-0.2, 0) is 0 Å². The molecule has 0 unspecified atom stereocenters. The lowest BCUT2D eigenvalue weighted by molar-refractivity contribution is -0.161. The number of hydrogen-bond acceptors (Lipinski definition) is 1. The van der Waals surface area contributed by atoms with E-state index in [1.54, 1.807) is 0 Å². The third-order valence-electron chi connectivity index (χ3n) is 6.56. The van der Waals surface area contributed by atoms with Crippen molar-refractivity contribution in [1.29, 1.82) is 0 Å². The van der Waals surface area contributed by atoms with E-state index in [4.69, 9.17) is 0 Å². The minimum atomic E-state index is -0.472. The van der Waals surface area contributed by atoms with Gasteiger partial charge in [-0.3, -0.25) is 0 Å². The van der Waals surface area contributed by atoms with Crippen LogP contribution in [0.5, 0.6) is 0 Å². The molecule has 0 saturated heterocycles. The zero-order chi connectivity index (χ0) is 12.2. The van der Waals surface area contributed by atoms with E-state index < -0.39 is 5.60 Å². The van der Waals surface area contributed by atoms with E-state index in [0.29, 0.717) is 11.3 Å². The molecular formula is C15H28O. The lowest BCUT2D eigenvalue weighted by Gasteiger charge is -2.57. The van der Waals surface area contributed by atoms with Crippen molar-refractivity contribution in [2.45, 2.75) is 72.3 Å². The summed E-state index contributed by atoms with van der Waals surface area (Å²) in [6.07, 6.45) is 6.18. The van der Waals surface area contributed by atoms with Crippen LogP contribution in [0.1, 0.15) is 66.7 Å². The van der Waals surface area contributed by atoms with E-state index in [1.807, 2.05) is 0 Å². The van der Waals surface area contributed by atoms with Gasteiger partial charge in [0.25, 0.3) is 0 Å². The molecular weight excluding hydrogens is 196 g/mol. The lowest BCUT2D eigenvalue weighted by Crippen LogP contribution is -2.56. The van der Waals surface area contributed by atoms with Gasteiger partial charge >= 0.3 is 0 Å². The van der Waals surface area contributed by atoms with Crippen molar-refractivity contribution in [2.75, 3.05) is 0 Å². The van der Waals surface area contributed by atoms with Crippen molar-refractivity contribution >= 4 is 0 Å². The highest BCUT2D eigenvalue weighted by Gasteiger charge is 2.60. The Morgan fingerprint density at radius 2 is 1.75 bits per heavy atom. The molecule has 16 heavy (non-hydrogen) atoms. The summed E-state index contributed by atoms with van der Waals surface area (Å²) < 4.78 is 0. The maximum Gasteiger partial charge on any atom is 0.0673 e. The van der Waals surface area contributed by atoms with Gasteiger partial charge in [0, 0.05) is 0 Å². The number of fused-ring (bicyclic) bond motifs is 1. The smallest absolute Gasteiger partial charge is 0.0673 e. The van der Waals surface area contributed by atoms with Gasteiger partial charge in [-0.2, -0.15) is 0 Å². The summed E-state index contributed by atoms with van der Waals surface area (Å²) in [7, 11) is 0. The van der Waals surface area contributed by atoms with Gasteiger partial charge in [0.15, 0.2) is 0 Å². The maximum absolute atomic E-state index is 10.6. The molecule has 0 radical (unpaired) electrons. The Morgan fingerprint density at radius 3 is 2.31 bits per heavy atom. The number of hydrogen-bond donors (Lipinski definition) is 1. The minimum Gasteiger partial charge on any atom is -0.390 e. The molecule has 1 nitrogen and oxygen atoms in total. The first-order valence-corrected chi connectivity index (χ1v) is 7.00. The predicted molar refractivity (Wildman–Crippen MR) is 68.3 cm³/mol. The molecule has 0 bridgehead atoms. The zero-order valence-electron chi connectivity index (χ0n) is 11.6. The Kier molecular flexibility index (Phi) is 2.70. The van der Waals surface area contributed by atoms with Gasteiger partial charge in [-0.1, -0.05) is 27.7 Å². The fourth-order valence-corrected chi connectivity index (χ4v) is 4.78. The molecule has 0 aliphatic heterocycles. The standard InChI is InChI=1S/C15H28O/c1-6-15-10-9-14(5,16)13(3,4)12(15)8-7-11(15)2/h11-12,16H,6-10H2,1-5H3/t11-,12+,14+,15-/m1/s1. The summed E-state index contributed by atoms with van der Waals surface area (Å²) in [5.41, 5.74) is 0.123. The SMILES string of the molecule is CC[C@]12CC[C@](C)(O)C(C)(C)[C@@H]1CC[C@H]2C. The van der Waals surface area contributed by atoms with Gasteiger partial charge in [0.2, 0.25) is 0 Å². The Bertz CT molecular complexity index is 279. The molecule has 2 rings (SSSR count). The van der Waals surface area contributed by atoms with Crippen molar-refractivity contribution < 1.29 is 5.11 Å². The van der Waals surface area contributed by atoms with Crippen molar-refractivity contribution in [3.63, 3.8) is 0 Å². The van der Waals surface area contributed by atoms with Gasteiger partial charge in [-0.05, 0) is 61.7 Å². The zero-order valence-corrected chi connectivity index (χ0v) is 11.6. The van der Waals surface area contributed by atoms with Crippen molar-refractivity contribution in [3.8, 4) is 0 Å². The van der Waals surface area contributed by atoms with E-state index in [1.165, 1.54) is 25.7 Å². The third-order valence-corrected chi connectivity index (χ3v) is 6.56. The van der Waals surface area contributed by atoms with Crippen LogP contribution < -0.4 is 0 Å². The fraction of sp³-hybridized carbons (Fsp3) is 1.00. The first kappa shape index (κ1) is 12.4. The average Bonchev–Trinajstić information content (AvgIpc) is 2.53. The molecule has 1 heteroatoms. The van der Waals surface area contributed by atoms with Crippen LogP contribution in [0.15, 0.2) is 0 Å². The van der Waals surface area contributed by atoms with Gasteiger partial charge in [0.1, 0.15) is 0 Å². The summed E-state index contributed by atoms with van der Waals surface area (Å²) >= 11 is 0. The topological polar surface area (TPSA) is 20.2 Å². The van der Waals surface area contributed by atoms with Gasteiger partial charge < -0.3 is 5.11 Å². The Labute approximate surface area is 101 Å². The highest BCUT2D eigenvalue weighted by Crippen LogP contribution is 2.65. The normalized spacial score (nSPS) is 51.4. The molecule has 2 saturated carbocycles. The van der Waals surface area contributed by atoms with Crippen LogP contribution in [-0.4, -0.2) is 10.7 Å². The first-order valence-electron chi connectivity index (χ1n) is 7.00. The van der Waals surface area contributed by atoms with Crippen LogP contribution in [0.4, 0.5) is 0 Å². The molecule has 4 atom stereocenters. The highest BCUT2D eigenvalue weighted by molar-refractivity contribution is 5.10. The molecule has 0 aromatic heterocycles. The Morgan fingerprint density at radius 1 is 1.12 bits per heavy atom. The van der Waals surface area contributed by atoms with Gasteiger partial charge in [-0.15, -0.1) is 0 Å². The molecule has 0 aromatic rings. The lowest BCUT2D eigenvalue weighted by atomic mass is 9.49. The molecule has 0 spiro atoms. The fourth-order valence-electron chi connectivity index (χ4n) is 4.78. The molecule has 2 aliphatic rings. The average molecular weight is 224 g/mol. The molecule has 0 amide bonds. The second kappa shape index (κ2) is 3.48. The molecule has 2 aliphatic carbocycles. The van der Waals surface area contributed by atoms with Crippen LogP contribution in [0.2, 0.25) is 0 Å². The summed E-state index contributed by atoms with van der Waals surface area (Å²) in [6.45, 7) is 11.4. The monoisotopic (exact) mass is 224 g/mol. The predicted octanol–water partition coefficient (Wildman–Crippen LogP) is 4.00. The largest absolute Gasteiger partial charge is 0.390 e. The van der Waals surface area contributed by atoms with E-state index >= 15 is 0 Å². The summed E-state index contributed by atoms with van der Waals surface area (Å²) in [5, 5.41) is 10.6. The summed E-state index contributed by atoms with van der Waals surface area (Å²) in [6, 6.07) is 0. The van der Waals surface area contributed by atoms with Crippen LogP contribution in [0.25, 0.3) is 0 Å². The van der Waals surface area contributed by atoms with E-state index in [2.05, 4.69) is 34.6 Å². The van der Waals surface area contributed by atoms with Crippen LogP contribution in [0.3, 0.4) is 0 Å². The highest BCUT2D eigenvalue weighted by atomic mass is 16.3. The maximum atomic E-state index is 10.6. The van der Waals surface area contributed by atoms with Crippen molar-refractivity contribution in [3.05, 3.63) is 0 Å².